The number of hydrogen-bond acceptors (Lipinski definition) is 4. The Morgan fingerprint density at radius 3 is 3.07 bits per heavy atom. The van der Waals surface area contributed by atoms with Gasteiger partial charge in [0.05, 0.1) is 29.8 Å². The molecule has 0 bridgehead atoms. The SMILES string of the molecule is Cc1ccnc2c(C(=O)NC3CCOCC3O)cn(Cc3cccc(F)c3)c12. The van der Waals surface area contributed by atoms with Gasteiger partial charge in [0.25, 0.3) is 5.91 Å². The number of ether oxygens (including phenoxy) is 1. The van der Waals surface area contributed by atoms with E-state index in [2.05, 4.69) is 10.3 Å². The van der Waals surface area contributed by atoms with Gasteiger partial charge in [0.2, 0.25) is 0 Å². The number of aryl methyl sites for hydroxylation is 1. The maximum Gasteiger partial charge on any atom is 0.255 e. The van der Waals surface area contributed by atoms with Gasteiger partial charge in [-0.2, -0.15) is 0 Å². The van der Waals surface area contributed by atoms with Gasteiger partial charge in [0, 0.05) is 25.5 Å². The van der Waals surface area contributed by atoms with Crippen molar-refractivity contribution >= 4 is 16.9 Å². The van der Waals surface area contributed by atoms with Crippen molar-refractivity contribution in [2.45, 2.75) is 32.0 Å². The third kappa shape index (κ3) is 3.63. The molecule has 2 unspecified atom stereocenters. The number of aliphatic hydroxyl groups excluding tert-OH is 1. The van der Waals surface area contributed by atoms with E-state index in [0.717, 1.165) is 16.6 Å². The van der Waals surface area contributed by atoms with Gasteiger partial charge in [0.1, 0.15) is 11.3 Å². The zero-order chi connectivity index (χ0) is 19.7. The summed E-state index contributed by atoms with van der Waals surface area (Å²) in [7, 11) is 0. The Balaban J connectivity index is 1.69. The van der Waals surface area contributed by atoms with Crippen molar-refractivity contribution in [3.8, 4) is 0 Å². The second-order valence-electron chi connectivity index (χ2n) is 7.14. The van der Waals surface area contributed by atoms with Gasteiger partial charge >= 0.3 is 0 Å². The Hall–Kier alpha value is -2.77. The molecule has 1 saturated heterocycles. The van der Waals surface area contributed by atoms with Crippen LogP contribution in [0.4, 0.5) is 4.39 Å². The van der Waals surface area contributed by atoms with Crippen LogP contribution in [0.25, 0.3) is 11.0 Å². The monoisotopic (exact) mass is 383 g/mol. The molecule has 1 amide bonds. The third-order valence-electron chi connectivity index (χ3n) is 5.08. The zero-order valence-corrected chi connectivity index (χ0v) is 15.6. The fraction of sp³-hybridized carbons (Fsp3) is 0.333. The molecule has 2 N–H and O–H groups in total. The number of halogens is 1. The van der Waals surface area contributed by atoms with Gasteiger partial charge in [-0.1, -0.05) is 12.1 Å². The van der Waals surface area contributed by atoms with Crippen LogP contribution in [0.1, 0.15) is 27.9 Å². The molecular formula is C21H22FN3O3. The number of fused-ring (bicyclic) bond motifs is 1. The highest BCUT2D eigenvalue weighted by molar-refractivity contribution is 6.06. The molecule has 1 fully saturated rings. The van der Waals surface area contributed by atoms with Crippen LogP contribution in [0.3, 0.4) is 0 Å². The van der Waals surface area contributed by atoms with Crippen LogP contribution in [-0.2, 0) is 11.3 Å². The van der Waals surface area contributed by atoms with E-state index in [0.29, 0.717) is 30.7 Å². The van der Waals surface area contributed by atoms with E-state index < -0.39 is 6.10 Å². The molecule has 0 aliphatic carbocycles. The van der Waals surface area contributed by atoms with Crippen LogP contribution >= 0.6 is 0 Å². The number of rotatable bonds is 4. The molecule has 146 valence electrons. The number of aliphatic hydroxyl groups is 1. The van der Waals surface area contributed by atoms with Crippen molar-refractivity contribution in [3.63, 3.8) is 0 Å². The number of carbonyl (C=O) groups excluding carboxylic acids is 1. The summed E-state index contributed by atoms with van der Waals surface area (Å²) in [6, 6.07) is 7.93. The minimum Gasteiger partial charge on any atom is -0.389 e. The van der Waals surface area contributed by atoms with E-state index in [1.807, 2.05) is 23.6 Å². The highest BCUT2D eigenvalue weighted by Gasteiger charge is 2.27. The Morgan fingerprint density at radius 2 is 2.29 bits per heavy atom. The maximum absolute atomic E-state index is 13.6. The molecule has 4 rings (SSSR count). The average molecular weight is 383 g/mol. The summed E-state index contributed by atoms with van der Waals surface area (Å²) in [6.07, 6.45) is 3.25. The first kappa shape index (κ1) is 18.6. The molecule has 2 atom stereocenters. The fourth-order valence-corrected chi connectivity index (χ4v) is 3.65. The lowest BCUT2D eigenvalue weighted by Gasteiger charge is -2.28. The highest BCUT2D eigenvalue weighted by Crippen LogP contribution is 2.24. The molecule has 3 heterocycles. The lowest BCUT2D eigenvalue weighted by Crippen LogP contribution is -2.48. The number of nitrogens with one attached hydrogen (secondary N) is 1. The number of benzene rings is 1. The number of pyridine rings is 1. The van der Waals surface area contributed by atoms with Gasteiger partial charge in [-0.05, 0) is 42.7 Å². The Morgan fingerprint density at radius 1 is 1.43 bits per heavy atom. The van der Waals surface area contributed by atoms with E-state index in [1.165, 1.54) is 12.1 Å². The van der Waals surface area contributed by atoms with E-state index in [-0.39, 0.29) is 24.4 Å². The van der Waals surface area contributed by atoms with Crippen molar-refractivity contribution in [2.75, 3.05) is 13.2 Å². The first-order chi connectivity index (χ1) is 13.5. The van der Waals surface area contributed by atoms with Crippen LogP contribution in [0, 0.1) is 12.7 Å². The first-order valence-corrected chi connectivity index (χ1v) is 9.28. The minimum absolute atomic E-state index is 0.212. The smallest absolute Gasteiger partial charge is 0.255 e. The molecule has 0 spiro atoms. The highest BCUT2D eigenvalue weighted by atomic mass is 19.1. The molecule has 3 aromatic rings. The summed E-state index contributed by atoms with van der Waals surface area (Å²) in [5, 5.41) is 13.0. The second-order valence-corrected chi connectivity index (χ2v) is 7.14. The second kappa shape index (κ2) is 7.69. The lowest BCUT2D eigenvalue weighted by molar-refractivity contribution is -0.0260. The first-order valence-electron chi connectivity index (χ1n) is 9.28. The number of hydrogen-bond donors (Lipinski definition) is 2. The predicted molar refractivity (Wildman–Crippen MR) is 103 cm³/mol. The van der Waals surface area contributed by atoms with Crippen LogP contribution in [-0.4, -0.2) is 45.9 Å². The molecular weight excluding hydrogens is 361 g/mol. The molecule has 0 radical (unpaired) electrons. The molecule has 1 aromatic carbocycles. The number of aromatic nitrogens is 2. The van der Waals surface area contributed by atoms with Gasteiger partial charge in [-0.15, -0.1) is 0 Å². The summed E-state index contributed by atoms with van der Waals surface area (Å²) in [6.45, 7) is 3.09. The molecule has 28 heavy (non-hydrogen) atoms. The summed E-state index contributed by atoms with van der Waals surface area (Å²) in [5.41, 5.74) is 3.65. The molecule has 7 heteroatoms. The van der Waals surface area contributed by atoms with E-state index >= 15 is 0 Å². The van der Waals surface area contributed by atoms with Crippen molar-refractivity contribution in [1.82, 2.24) is 14.9 Å². The normalized spacial score (nSPS) is 19.7. The van der Waals surface area contributed by atoms with E-state index in [1.54, 1.807) is 18.5 Å². The van der Waals surface area contributed by atoms with Crippen LogP contribution in [0.15, 0.2) is 42.7 Å². The molecule has 1 aliphatic rings. The van der Waals surface area contributed by atoms with Crippen molar-refractivity contribution in [3.05, 3.63) is 65.2 Å². The minimum atomic E-state index is -0.729. The predicted octanol–water partition coefficient (Wildman–Crippen LogP) is 2.41. The van der Waals surface area contributed by atoms with Gasteiger partial charge in [-0.3, -0.25) is 9.78 Å². The Labute approximate surface area is 162 Å². The zero-order valence-electron chi connectivity index (χ0n) is 15.6. The maximum atomic E-state index is 13.6. The van der Waals surface area contributed by atoms with Crippen LogP contribution in [0.2, 0.25) is 0 Å². The van der Waals surface area contributed by atoms with Gasteiger partial charge < -0.3 is 19.7 Å². The van der Waals surface area contributed by atoms with Crippen molar-refractivity contribution < 1.29 is 19.0 Å². The van der Waals surface area contributed by atoms with Crippen molar-refractivity contribution in [1.29, 1.82) is 0 Å². The quantitative estimate of drug-likeness (QED) is 0.726. The summed E-state index contributed by atoms with van der Waals surface area (Å²) < 4.78 is 20.7. The van der Waals surface area contributed by atoms with Crippen molar-refractivity contribution in [2.24, 2.45) is 0 Å². The van der Waals surface area contributed by atoms with Crippen LogP contribution < -0.4 is 5.32 Å². The number of carbonyl (C=O) groups is 1. The molecule has 1 aliphatic heterocycles. The number of amides is 1. The average Bonchev–Trinajstić information content (AvgIpc) is 3.03. The standard InChI is InChI=1S/C21H22FN3O3/c1-13-5-7-23-19-16(21(27)24-17-6-8-28-12-18(17)26)11-25(20(13)19)10-14-3-2-4-15(22)9-14/h2-5,7,9,11,17-18,26H,6,8,10,12H2,1H3,(H,24,27). The van der Waals surface area contributed by atoms with E-state index in [4.69, 9.17) is 4.74 Å². The topological polar surface area (TPSA) is 76.4 Å². The summed E-state index contributed by atoms with van der Waals surface area (Å²) >= 11 is 0. The third-order valence-corrected chi connectivity index (χ3v) is 5.08. The molecule has 2 aromatic heterocycles. The lowest BCUT2D eigenvalue weighted by atomic mass is 10.1. The molecule has 6 nitrogen and oxygen atoms in total. The van der Waals surface area contributed by atoms with Crippen LogP contribution in [0.5, 0.6) is 0 Å². The Kier molecular flexibility index (Phi) is 5.11. The Bertz CT molecular complexity index is 1020. The number of nitrogens with zero attached hydrogens (tertiary/aromatic N) is 2. The largest absolute Gasteiger partial charge is 0.389 e. The fourth-order valence-electron chi connectivity index (χ4n) is 3.65. The summed E-state index contributed by atoms with van der Waals surface area (Å²) in [5.74, 6) is -0.581. The van der Waals surface area contributed by atoms with Gasteiger partial charge in [-0.25, -0.2) is 4.39 Å². The molecule has 0 saturated carbocycles. The van der Waals surface area contributed by atoms with Gasteiger partial charge in [0.15, 0.2) is 0 Å². The van der Waals surface area contributed by atoms with E-state index in [9.17, 15) is 14.3 Å². The summed E-state index contributed by atoms with van der Waals surface area (Å²) in [4.78, 5) is 17.3.